The van der Waals surface area contributed by atoms with Gasteiger partial charge in [0.15, 0.2) is 23.2 Å². The Balaban J connectivity index is 1.49. The van der Waals surface area contributed by atoms with Crippen molar-refractivity contribution >= 4 is 28.6 Å². The lowest BCUT2D eigenvalue weighted by atomic mass is 10.0. The van der Waals surface area contributed by atoms with Crippen LogP contribution in [-0.4, -0.2) is 59.8 Å². The second-order valence-corrected chi connectivity index (χ2v) is 8.16. The van der Waals surface area contributed by atoms with Gasteiger partial charge in [-0.3, -0.25) is 4.57 Å². The van der Waals surface area contributed by atoms with Gasteiger partial charge in [0.1, 0.15) is 24.6 Å². The van der Waals surface area contributed by atoms with Crippen molar-refractivity contribution in [2.45, 2.75) is 43.4 Å². The van der Waals surface area contributed by atoms with Crippen molar-refractivity contribution in [3.05, 3.63) is 47.5 Å². The topological polar surface area (TPSA) is 126 Å². The molecule has 10 heteroatoms. The smallest absolute Gasteiger partial charge is 0.167 e. The lowest BCUT2D eigenvalue weighted by molar-refractivity contribution is -0.0511. The standard InChI is InChI=1S/C20H22ClN5O4/c21-12-4-2-1-3-11(12)14(10-5-6-10)25-18-15-19(23-8-22-18)26(9-24-15)20-17(29)16(28)13(7-27)30-20/h1-4,8-10,13-14,16-17,20,27-29H,5-7H2,(H,22,23,25)/t13-,14?,16?,17?,20-/m1/s1. The van der Waals surface area contributed by atoms with Crippen LogP contribution >= 0.6 is 11.6 Å². The van der Waals surface area contributed by atoms with Gasteiger partial charge in [0, 0.05) is 5.02 Å². The molecule has 3 aromatic rings. The van der Waals surface area contributed by atoms with Crippen molar-refractivity contribution in [1.29, 1.82) is 0 Å². The molecule has 0 radical (unpaired) electrons. The van der Waals surface area contributed by atoms with E-state index in [0.717, 1.165) is 18.4 Å². The number of nitrogens with zero attached hydrogens (tertiary/aromatic N) is 4. The number of aromatic nitrogens is 4. The minimum atomic E-state index is -1.21. The van der Waals surface area contributed by atoms with Gasteiger partial charge in [-0.05, 0) is 30.4 Å². The fourth-order valence-corrected chi connectivity index (χ4v) is 4.26. The molecule has 0 bridgehead atoms. The van der Waals surface area contributed by atoms with Crippen LogP contribution in [0.15, 0.2) is 36.9 Å². The third kappa shape index (κ3) is 3.32. The van der Waals surface area contributed by atoms with E-state index in [-0.39, 0.29) is 6.04 Å². The summed E-state index contributed by atoms with van der Waals surface area (Å²) in [5, 5.41) is 33.9. The van der Waals surface area contributed by atoms with Crippen molar-refractivity contribution in [2.24, 2.45) is 5.92 Å². The molecule has 9 nitrogen and oxygen atoms in total. The molecule has 2 aliphatic rings. The highest BCUT2D eigenvalue weighted by Crippen LogP contribution is 2.45. The van der Waals surface area contributed by atoms with Crippen LogP contribution in [0.2, 0.25) is 5.02 Å². The zero-order valence-corrected chi connectivity index (χ0v) is 16.7. The summed E-state index contributed by atoms with van der Waals surface area (Å²) in [6, 6.07) is 7.75. The number of imidazole rings is 1. The molecule has 2 aromatic heterocycles. The molecule has 1 aliphatic carbocycles. The average molecular weight is 432 g/mol. The molecule has 30 heavy (non-hydrogen) atoms. The Morgan fingerprint density at radius 2 is 1.97 bits per heavy atom. The number of rotatable bonds is 6. The lowest BCUT2D eigenvalue weighted by Gasteiger charge is -2.21. The number of benzene rings is 1. The van der Waals surface area contributed by atoms with Crippen molar-refractivity contribution in [1.82, 2.24) is 19.5 Å². The van der Waals surface area contributed by atoms with E-state index >= 15 is 0 Å². The monoisotopic (exact) mass is 431 g/mol. The Morgan fingerprint density at radius 3 is 2.67 bits per heavy atom. The quantitative estimate of drug-likeness (QED) is 0.464. The highest BCUT2D eigenvalue weighted by molar-refractivity contribution is 6.31. The van der Waals surface area contributed by atoms with Crippen LogP contribution in [0, 0.1) is 5.92 Å². The van der Waals surface area contributed by atoms with Gasteiger partial charge in [-0.1, -0.05) is 29.8 Å². The van der Waals surface area contributed by atoms with Crippen LogP contribution in [0.5, 0.6) is 0 Å². The number of ether oxygens (including phenoxy) is 1. The van der Waals surface area contributed by atoms with E-state index in [4.69, 9.17) is 16.3 Å². The van der Waals surface area contributed by atoms with Gasteiger partial charge in [0.25, 0.3) is 0 Å². The van der Waals surface area contributed by atoms with Crippen LogP contribution in [0.4, 0.5) is 5.82 Å². The van der Waals surface area contributed by atoms with Crippen molar-refractivity contribution < 1.29 is 20.1 Å². The van der Waals surface area contributed by atoms with E-state index in [2.05, 4.69) is 20.3 Å². The van der Waals surface area contributed by atoms with E-state index in [0.29, 0.717) is 27.9 Å². The van der Waals surface area contributed by atoms with Gasteiger partial charge in [-0.2, -0.15) is 0 Å². The summed E-state index contributed by atoms with van der Waals surface area (Å²) in [6.45, 7) is -0.399. The van der Waals surface area contributed by atoms with E-state index < -0.39 is 31.1 Å². The summed E-state index contributed by atoms with van der Waals surface area (Å²) in [7, 11) is 0. The number of hydrogen-bond acceptors (Lipinski definition) is 8. The lowest BCUT2D eigenvalue weighted by Crippen LogP contribution is -2.33. The Kier molecular flexibility index (Phi) is 5.08. The summed E-state index contributed by atoms with van der Waals surface area (Å²) in [5.74, 6) is 1.01. The van der Waals surface area contributed by atoms with Crippen LogP contribution in [0.1, 0.15) is 30.7 Å². The van der Waals surface area contributed by atoms with E-state index in [9.17, 15) is 15.3 Å². The number of nitrogens with one attached hydrogen (secondary N) is 1. The minimum absolute atomic E-state index is 0.00383. The summed E-state index contributed by atoms with van der Waals surface area (Å²) in [4.78, 5) is 13.1. The number of aliphatic hydroxyl groups is 3. The average Bonchev–Trinajstić information content (AvgIpc) is 3.45. The molecular weight excluding hydrogens is 410 g/mol. The molecule has 1 aliphatic heterocycles. The Hall–Kier alpha value is -2.30. The molecule has 3 heterocycles. The highest BCUT2D eigenvalue weighted by Gasteiger charge is 2.44. The third-order valence-electron chi connectivity index (χ3n) is 5.78. The van der Waals surface area contributed by atoms with Crippen molar-refractivity contribution in [3.8, 4) is 0 Å². The van der Waals surface area contributed by atoms with Crippen LogP contribution in [-0.2, 0) is 4.74 Å². The minimum Gasteiger partial charge on any atom is -0.394 e. The Morgan fingerprint density at radius 1 is 1.17 bits per heavy atom. The van der Waals surface area contributed by atoms with Crippen LogP contribution in [0.3, 0.4) is 0 Å². The second-order valence-electron chi connectivity index (χ2n) is 7.76. The van der Waals surface area contributed by atoms with Gasteiger partial charge in [0.2, 0.25) is 0 Å². The maximum Gasteiger partial charge on any atom is 0.167 e. The predicted octanol–water partition coefficient (Wildman–Crippen LogP) is 1.65. The number of aliphatic hydroxyl groups excluding tert-OH is 3. The first-order valence-corrected chi connectivity index (χ1v) is 10.3. The molecule has 0 amide bonds. The van der Waals surface area contributed by atoms with E-state index in [1.807, 2.05) is 24.3 Å². The zero-order chi connectivity index (χ0) is 20.8. The maximum absolute atomic E-state index is 10.4. The normalized spacial score (nSPS) is 27.5. The summed E-state index contributed by atoms with van der Waals surface area (Å²) < 4.78 is 7.17. The number of halogens is 1. The first kappa shape index (κ1) is 19.7. The van der Waals surface area contributed by atoms with Gasteiger partial charge < -0.3 is 25.4 Å². The summed E-state index contributed by atoms with van der Waals surface area (Å²) in [5.41, 5.74) is 1.99. The molecule has 1 aromatic carbocycles. The highest BCUT2D eigenvalue weighted by atomic mass is 35.5. The molecular formula is C20H22ClN5O4. The first-order chi connectivity index (χ1) is 14.6. The van der Waals surface area contributed by atoms with Crippen LogP contribution in [0.25, 0.3) is 11.2 Å². The van der Waals surface area contributed by atoms with E-state index in [1.54, 1.807) is 4.57 Å². The van der Waals surface area contributed by atoms with Gasteiger partial charge in [0.05, 0.1) is 19.0 Å². The maximum atomic E-state index is 10.4. The Bertz CT molecular complexity index is 1060. The fourth-order valence-electron chi connectivity index (χ4n) is 4.01. The molecule has 4 N–H and O–H groups in total. The van der Waals surface area contributed by atoms with Crippen molar-refractivity contribution in [2.75, 3.05) is 11.9 Å². The Labute approximate surface area is 177 Å². The molecule has 1 saturated heterocycles. The molecule has 5 atom stereocenters. The van der Waals surface area contributed by atoms with Crippen LogP contribution < -0.4 is 5.32 Å². The van der Waals surface area contributed by atoms with Gasteiger partial charge in [-0.25, -0.2) is 15.0 Å². The van der Waals surface area contributed by atoms with Gasteiger partial charge in [-0.15, -0.1) is 0 Å². The number of hydrogen-bond donors (Lipinski definition) is 4. The summed E-state index contributed by atoms with van der Waals surface area (Å²) in [6.07, 6.45) is 0.925. The van der Waals surface area contributed by atoms with E-state index in [1.165, 1.54) is 12.7 Å². The van der Waals surface area contributed by atoms with Gasteiger partial charge >= 0.3 is 0 Å². The molecule has 2 fully saturated rings. The molecule has 158 valence electrons. The largest absolute Gasteiger partial charge is 0.394 e. The van der Waals surface area contributed by atoms with Crippen molar-refractivity contribution in [3.63, 3.8) is 0 Å². The predicted molar refractivity (Wildman–Crippen MR) is 109 cm³/mol. The third-order valence-corrected chi connectivity index (χ3v) is 6.12. The first-order valence-electron chi connectivity index (χ1n) is 9.89. The molecule has 1 saturated carbocycles. The molecule has 0 spiro atoms. The summed E-state index contributed by atoms with van der Waals surface area (Å²) >= 11 is 6.44. The molecule has 5 rings (SSSR count). The zero-order valence-electron chi connectivity index (χ0n) is 16.0. The number of anilines is 1. The number of fused-ring (bicyclic) bond motifs is 1. The second kappa shape index (κ2) is 7.75. The SMILES string of the molecule is OC[C@H]1O[C@@H](n2cnc3c(NC(c4ccccc4Cl)C4CC4)ncnc32)C(O)C1O. The molecule has 3 unspecified atom stereocenters. The fraction of sp³-hybridized carbons (Fsp3) is 0.450.